The summed E-state index contributed by atoms with van der Waals surface area (Å²) in [7, 11) is 0. The van der Waals surface area contributed by atoms with Crippen molar-refractivity contribution in [1.29, 1.82) is 5.26 Å². The molecule has 0 bridgehead atoms. The van der Waals surface area contributed by atoms with Crippen LogP contribution in [0.25, 0.3) is 0 Å². The third-order valence-corrected chi connectivity index (χ3v) is 4.53. The van der Waals surface area contributed by atoms with Crippen LogP contribution in [0.3, 0.4) is 0 Å². The van der Waals surface area contributed by atoms with Gasteiger partial charge in [0.15, 0.2) is 5.13 Å². The van der Waals surface area contributed by atoms with E-state index in [1.54, 1.807) is 0 Å². The molecule has 0 radical (unpaired) electrons. The molecular formula is C16H19N5O2S. The summed E-state index contributed by atoms with van der Waals surface area (Å²) in [6.07, 6.45) is 1.95. The van der Waals surface area contributed by atoms with Gasteiger partial charge in [-0.05, 0) is 19.9 Å². The van der Waals surface area contributed by atoms with Crippen molar-refractivity contribution in [3.05, 3.63) is 34.6 Å². The Hall–Kier alpha value is -2.21. The monoisotopic (exact) mass is 345 g/mol. The third kappa shape index (κ3) is 4.00. The van der Waals surface area contributed by atoms with E-state index in [4.69, 9.17) is 10.00 Å². The molecule has 2 aromatic heterocycles. The molecule has 1 aliphatic rings. The minimum Gasteiger partial charge on any atom is -0.373 e. The molecule has 1 fully saturated rings. The minimum atomic E-state index is -0.276. The lowest BCUT2D eigenvalue weighted by atomic mass is 10.2. The summed E-state index contributed by atoms with van der Waals surface area (Å²) in [5, 5.41) is 14.1. The zero-order chi connectivity index (χ0) is 17.1. The average molecular weight is 345 g/mol. The average Bonchev–Trinajstić information content (AvgIpc) is 3.15. The number of anilines is 1. The molecule has 0 aliphatic carbocycles. The molecule has 7 nitrogen and oxygen atoms in total. The summed E-state index contributed by atoms with van der Waals surface area (Å²) in [5.74, 6) is -0.276. The number of hydrogen-bond donors (Lipinski definition) is 2. The number of rotatable bonds is 4. The van der Waals surface area contributed by atoms with Crippen LogP contribution >= 0.6 is 11.3 Å². The number of aromatic amines is 1. The van der Waals surface area contributed by atoms with Crippen molar-refractivity contribution in [2.45, 2.75) is 32.6 Å². The van der Waals surface area contributed by atoms with Crippen LogP contribution in [0.15, 0.2) is 17.6 Å². The highest BCUT2D eigenvalue weighted by atomic mass is 32.1. The second kappa shape index (κ2) is 7.13. The number of carbonyl (C=O) groups excluding carboxylic acids is 1. The quantitative estimate of drug-likeness (QED) is 0.886. The van der Waals surface area contributed by atoms with Crippen LogP contribution in [-0.4, -0.2) is 46.1 Å². The normalized spacial score (nSPS) is 21.4. The van der Waals surface area contributed by atoms with Gasteiger partial charge < -0.3 is 9.72 Å². The number of nitrogens with zero attached hydrogens (tertiary/aromatic N) is 3. The molecule has 0 aromatic carbocycles. The highest BCUT2D eigenvalue weighted by Gasteiger charge is 2.22. The van der Waals surface area contributed by atoms with Crippen LogP contribution < -0.4 is 5.32 Å². The van der Waals surface area contributed by atoms with Gasteiger partial charge in [-0.25, -0.2) is 4.98 Å². The van der Waals surface area contributed by atoms with Crippen molar-refractivity contribution in [3.8, 4) is 6.07 Å². The van der Waals surface area contributed by atoms with Gasteiger partial charge in [0.05, 0.1) is 23.5 Å². The Bertz CT molecular complexity index is 753. The molecular weight excluding hydrogens is 326 g/mol. The number of ether oxygens (including phenoxy) is 1. The first-order chi connectivity index (χ1) is 11.5. The van der Waals surface area contributed by atoms with Gasteiger partial charge in [-0.2, -0.15) is 5.26 Å². The van der Waals surface area contributed by atoms with Crippen molar-refractivity contribution in [2.75, 3.05) is 18.4 Å². The Morgan fingerprint density at radius 2 is 2.29 bits per heavy atom. The summed E-state index contributed by atoms with van der Waals surface area (Å²) < 4.78 is 5.73. The lowest BCUT2D eigenvalue weighted by molar-refractivity contribution is -0.0707. The molecule has 2 aromatic rings. The summed E-state index contributed by atoms with van der Waals surface area (Å²) in [5.41, 5.74) is 1.71. The predicted molar refractivity (Wildman–Crippen MR) is 90.9 cm³/mol. The van der Waals surface area contributed by atoms with Crippen molar-refractivity contribution in [2.24, 2.45) is 0 Å². The molecule has 8 heteroatoms. The number of carbonyl (C=O) groups is 1. The lowest BCUT2D eigenvalue weighted by Crippen LogP contribution is -2.44. The molecule has 1 saturated heterocycles. The summed E-state index contributed by atoms with van der Waals surface area (Å²) in [4.78, 5) is 21.6. The van der Waals surface area contributed by atoms with E-state index in [1.807, 2.05) is 11.4 Å². The Kier molecular flexibility index (Phi) is 4.94. The zero-order valence-electron chi connectivity index (χ0n) is 13.6. The Labute approximate surface area is 144 Å². The predicted octanol–water partition coefficient (Wildman–Crippen LogP) is 2.20. The van der Waals surface area contributed by atoms with Crippen LogP contribution in [-0.2, 0) is 11.3 Å². The van der Waals surface area contributed by atoms with Gasteiger partial charge in [0, 0.05) is 31.2 Å². The van der Waals surface area contributed by atoms with Crippen molar-refractivity contribution in [1.82, 2.24) is 14.9 Å². The van der Waals surface area contributed by atoms with E-state index in [0.29, 0.717) is 16.4 Å². The largest absolute Gasteiger partial charge is 0.373 e. The van der Waals surface area contributed by atoms with E-state index in [9.17, 15) is 4.79 Å². The first kappa shape index (κ1) is 16.6. The maximum Gasteiger partial charge on any atom is 0.259 e. The molecule has 3 rings (SSSR count). The van der Waals surface area contributed by atoms with Crippen molar-refractivity contribution >= 4 is 22.4 Å². The van der Waals surface area contributed by atoms with Crippen LogP contribution in [0.2, 0.25) is 0 Å². The topological polar surface area (TPSA) is 94.0 Å². The molecule has 3 heterocycles. The molecule has 0 unspecified atom stereocenters. The van der Waals surface area contributed by atoms with E-state index in [0.717, 1.165) is 25.3 Å². The smallest absolute Gasteiger partial charge is 0.259 e. The highest BCUT2D eigenvalue weighted by molar-refractivity contribution is 7.13. The Morgan fingerprint density at radius 3 is 2.96 bits per heavy atom. The Balaban J connectivity index is 1.59. The highest BCUT2D eigenvalue weighted by Crippen LogP contribution is 2.20. The van der Waals surface area contributed by atoms with Crippen LogP contribution in [0.4, 0.5) is 5.13 Å². The van der Waals surface area contributed by atoms with Gasteiger partial charge in [-0.1, -0.05) is 0 Å². The second-order valence-electron chi connectivity index (χ2n) is 5.96. The van der Waals surface area contributed by atoms with E-state index in [1.165, 1.54) is 23.6 Å². The molecule has 1 aliphatic heterocycles. The second-order valence-corrected chi connectivity index (χ2v) is 6.82. The fourth-order valence-corrected chi connectivity index (χ4v) is 3.54. The number of amides is 1. The van der Waals surface area contributed by atoms with Crippen LogP contribution in [0, 0.1) is 11.3 Å². The van der Waals surface area contributed by atoms with E-state index in [-0.39, 0.29) is 18.1 Å². The lowest BCUT2D eigenvalue weighted by Gasteiger charge is -2.34. The molecule has 0 saturated carbocycles. The maximum absolute atomic E-state index is 12.1. The minimum absolute atomic E-state index is 0.217. The van der Waals surface area contributed by atoms with Crippen LogP contribution in [0.5, 0.6) is 0 Å². The van der Waals surface area contributed by atoms with Gasteiger partial charge >= 0.3 is 0 Å². The number of morpholine rings is 1. The Morgan fingerprint density at radius 1 is 1.54 bits per heavy atom. The fraction of sp³-hybridized carbons (Fsp3) is 0.438. The number of nitriles is 1. The summed E-state index contributed by atoms with van der Waals surface area (Å²) in [6, 6.07) is 3.47. The van der Waals surface area contributed by atoms with Crippen molar-refractivity contribution < 1.29 is 9.53 Å². The SMILES string of the molecule is C[C@@H]1CN(Cc2csc(NC(=O)c3c[nH]c(C#N)c3)n2)C[C@@H](C)O1. The molecule has 24 heavy (non-hydrogen) atoms. The number of nitrogens with one attached hydrogen (secondary N) is 2. The molecule has 2 atom stereocenters. The zero-order valence-corrected chi connectivity index (χ0v) is 14.4. The van der Waals surface area contributed by atoms with E-state index in [2.05, 4.69) is 34.0 Å². The van der Waals surface area contributed by atoms with Gasteiger partial charge in [-0.3, -0.25) is 15.0 Å². The first-order valence-corrected chi connectivity index (χ1v) is 8.63. The third-order valence-electron chi connectivity index (χ3n) is 3.72. The van der Waals surface area contributed by atoms with Crippen LogP contribution in [0.1, 0.15) is 35.6 Å². The molecule has 1 amide bonds. The number of hydrogen-bond acceptors (Lipinski definition) is 6. The van der Waals surface area contributed by atoms with Gasteiger partial charge in [0.25, 0.3) is 5.91 Å². The number of H-pyrrole nitrogens is 1. The van der Waals surface area contributed by atoms with Crippen molar-refractivity contribution in [3.63, 3.8) is 0 Å². The number of thiazole rings is 1. The first-order valence-electron chi connectivity index (χ1n) is 7.75. The van der Waals surface area contributed by atoms with Gasteiger partial charge in [0.1, 0.15) is 11.8 Å². The van der Waals surface area contributed by atoms with Gasteiger partial charge in [-0.15, -0.1) is 11.3 Å². The maximum atomic E-state index is 12.1. The fourth-order valence-electron chi connectivity index (χ4n) is 2.84. The molecule has 2 N–H and O–H groups in total. The standard InChI is InChI=1S/C16H19N5O2S/c1-10-6-21(7-11(2)23-10)8-14-9-24-16(19-14)20-15(22)12-3-13(4-17)18-5-12/h3,5,9-11,18H,6-8H2,1-2H3,(H,19,20,22)/t10-,11-/m1/s1. The number of aromatic nitrogens is 2. The summed E-state index contributed by atoms with van der Waals surface area (Å²) >= 11 is 1.40. The van der Waals surface area contributed by atoms with Gasteiger partial charge in [0.2, 0.25) is 0 Å². The van der Waals surface area contributed by atoms with E-state index < -0.39 is 0 Å². The summed E-state index contributed by atoms with van der Waals surface area (Å²) in [6.45, 7) is 6.64. The molecule has 126 valence electrons. The molecule has 0 spiro atoms. The van der Waals surface area contributed by atoms with E-state index >= 15 is 0 Å².